The first kappa shape index (κ1) is 24.2. The van der Waals surface area contributed by atoms with Crippen LogP contribution in [-0.4, -0.2) is 37.7 Å². The van der Waals surface area contributed by atoms with E-state index in [4.69, 9.17) is 10.6 Å². The maximum atomic E-state index is 12.2. The first-order valence-electron chi connectivity index (χ1n) is 10.5. The van der Waals surface area contributed by atoms with Crippen molar-refractivity contribution in [1.29, 1.82) is 0 Å². The van der Waals surface area contributed by atoms with Gasteiger partial charge in [-0.3, -0.25) is 14.9 Å². The van der Waals surface area contributed by atoms with E-state index < -0.39 is 4.92 Å². The second kappa shape index (κ2) is 11.5. The predicted molar refractivity (Wildman–Crippen MR) is 137 cm³/mol. The summed E-state index contributed by atoms with van der Waals surface area (Å²) >= 11 is 1.05. The van der Waals surface area contributed by atoms with E-state index in [0.29, 0.717) is 11.4 Å². The molecule has 1 amide bonds. The minimum absolute atomic E-state index is 0.0322. The Balaban J connectivity index is 1.30. The lowest BCUT2D eigenvalue weighted by Crippen LogP contribution is -2.17. The van der Waals surface area contributed by atoms with Crippen molar-refractivity contribution in [3.63, 3.8) is 0 Å². The monoisotopic (exact) mass is 504 g/mol. The van der Waals surface area contributed by atoms with Crippen molar-refractivity contribution >= 4 is 41.2 Å². The number of nitrogens with one attached hydrogen (secondary N) is 2. The maximum Gasteiger partial charge on any atom is 0.271 e. The van der Waals surface area contributed by atoms with Crippen molar-refractivity contribution in [2.45, 2.75) is 5.16 Å². The van der Waals surface area contributed by atoms with Crippen LogP contribution in [-0.2, 0) is 4.79 Å². The van der Waals surface area contributed by atoms with Crippen molar-refractivity contribution in [1.82, 2.24) is 14.9 Å². The number of rotatable bonds is 10. The van der Waals surface area contributed by atoms with Gasteiger partial charge in [0.15, 0.2) is 0 Å². The van der Waals surface area contributed by atoms with E-state index >= 15 is 0 Å². The summed E-state index contributed by atoms with van der Waals surface area (Å²) in [5.41, 5.74) is 3.70. The van der Waals surface area contributed by atoms with Gasteiger partial charge in [-0.1, -0.05) is 48.2 Å². The number of para-hydroxylation sites is 1. The van der Waals surface area contributed by atoms with Crippen LogP contribution in [0.1, 0.15) is 5.56 Å². The summed E-state index contributed by atoms with van der Waals surface area (Å²) < 4.78 is 6.98. The molecular weight excluding hydrogens is 484 g/mol. The summed E-state index contributed by atoms with van der Waals surface area (Å²) in [6.45, 7) is 0. The third kappa shape index (κ3) is 6.57. The number of nitrogens with two attached hydrogens (primary N) is 1. The van der Waals surface area contributed by atoms with Crippen LogP contribution >= 0.6 is 11.8 Å². The van der Waals surface area contributed by atoms with Crippen LogP contribution in [0.3, 0.4) is 0 Å². The molecule has 4 aromatic rings. The molecule has 0 radical (unpaired) electrons. The van der Waals surface area contributed by atoms with Gasteiger partial charge in [0.1, 0.15) is 11.5 Å². The van der Waals surface area contributed by atoms with Gasteiger partial charge >= 0.3 is 0 Å². The second-order valence-corrected chi connectivity index (χ2v) is 8.12. The van der Waals surface area contributed by atoms with Crippen LogP contribution < -0.4 is 21.3 Å². The molecule has 0 spiro atoms. The van der Waals surface area contributed by atoms with Gasteiger partial charge in [-0.05, 0) is 35.9 Å². The molecule has 1 heterocycles. The van der Waals surface area contributed by atoms with Crippen molar-refractivity contribution < 1.29 is 14.5 Å². The number of aromatic nitrogens is 3. The Labute approximate surface area is 209 Å². The van der Waals surface area contributed by atoms with E-state index in [1.54, 1.807) is 12.3 Å². The predicted octanol–water partition coefficient (Wildman–Crippen LogP) is 3.87. The van der Waals surface area contributed by atoms with E-state index in [1.165, 1.54) is 18.2 Å². The highest BCUT2D eigenvalue weighted by Gasteiger charge is 2.13. The number of nitro benzene ring substituents is 1. The highest BCUT2D eigenvalue weighted by molar-refractivity contribution is 7.99. The fourth-order valence-corrected chi connectivity index (χ4v) is 3.58. The van der Waals surface area contributed by atoms with Gasteiger partial charge in [0.25, 0.3) is 11.6 Å². The molecule has 4 rings (SSSR count). The Morgan fingerprint density at radius 1 is 1.08 bits per heavy atom. The summed E-state index contributed by atoms with van der Waals surface area (Å²) in [6, 6.07) is 22.5. The van der Waals surface area contributed by atoms with E-state index in [0.717, 1.165) is 27.8 Å². The van der Waals surface area contributed by atoms with E-state index in [9.17, 15) is 14.9 Å². The van der Waals surface area contributed by atoms with Crippen LogP contribution in [0.2, 0.25) is 0 Å². The topological polar surface area (TPSA) is 163 Å². The van der Waals surface area contributed by atoms with Gasteiger partial charge in [0.2, 0.25) is 11.1 Å². The van der Waals surface area contributed by atoms with Gasteiger partial charge in [0, 0.05) is 17.8 Å². The minimum Gasteiger partial charge on any atom is -0.457 e. The zero-order chi connectivity index (χ0) is 25.3. The molecule has 3 aromatic carbocycles. The number of ether oxygens (including phenoxy) is 1. The first-order chi connectivity index (χ1) is 17.5. The first-order valence-corrected chi connectivity index (χ1v) is 11.5. The molecule has 0 unspecified atom stereocenters. The third-order valence-corrected chi connectivity index (χ3v) is 5.50. The zero-order valence-electron chi connectivity index (χ0n) is 18.6. The van der Waals surface area contributed by atoms with Gasteiger partial charge < -0.3 is 15.9 Å². The lowest BCUT2D eigenvalue weighted by molar-refractivity contribution is -0.384. The molecule has 13 heteroatoms. The average molecular weight is 505 g/mol. The molecule has 0 saturated carbocycles. The Bertz CT molecular complexity index is 1390. The van der Waals surface area contributed by atoms with Crippen LogP contribution in [0, 0.1) is 10.1 Å². The lowest BCUT2D eigenvalue weighted by Gasteiger charge is -2.06. The Morgan fingerprint density at radius 2 is 1.86 bits per heavy atom. The Kier molecular flexibility index (Phi) is 7.73. The van der Waals surface area contributed by atoms with Gasteiger partial charge in [-0.2, -0.15) is 5.10 Å². The third-order valence-electron chi connectivity index (χ3n) is 4.55. The SMILES string of the molecule is Nn1c(N/N=C/c2cccc(Oc3ccccc3)c2)nnc1SCC(=O)Nc1cccc([N+](=O)[O-])c1. The molecular formula is C23H20N8O4S. The largest absolute Gasteiger partial charge is 0.457 e. The Hall–Kier alpha value is -4.91. The van der Waals surface area contributed by atoms with Crippen molar-refractivity contribution in [3.8, 4) is 11.5 Å². The smallest absolute Gasteiger partial charge is 0.271 e. The summed E-state index contributed by atoms with van der Waals surface area (Å²) in [7, 11) is 0. The van der Waals surface area contributed by atoms with Crippen molar-refractivity contribution in [3.05, 3.63) is 94.5 Å². The molecule has 0 aliphatic heterocycles. The van der Waals surface area contributed by atoms with Crippen molar-refractivity contribution in [2.24, 2.45) is 5.10 Å². The molecule has 1 aromatic heterocycles. The standard InChI is InChI=1S/C23H20N8O4S/c24-30-22(27-25-14-16-6-4-11-20(12-16)35-19-9-2-1-3-10-19)28-29-23(30)36-15-21(32)26-17-7-5-8-18(13-17)31(33)34/h1-14H,15,24H2,(H,26,32)(H,27,28)/b25-14+. The zero-order valence-corrected chi connectivity index (χ0v) is 19.5. The molecule has 0 saturated heterocycles. The highest BCUT2D eigenvalue weighted by atomic mass is 32.2. The van der Waals surface area contributed by atoms with Crippen molar-refractivity contribution in [2.75, 3.05) is 22.3 Å². The maximum absolute atomic E-state index is 12.2. The van der Waals surface area contributed by atoms with Gasteiger partial charge in [-0.15, -0.1) is 10.2 Å². The van der Waals surface area contributed by atoms with Crippen LogP contribution in [0.4, 0.5) is 17.3 Å². The number of carbonyl (C=O) groups is 1. The number of thioether (sulfide) groups is 1. The number of nitrogen functional groups attached to an aromatic ring is 1. The number of non-ortho nitro benzene ring substituents is 1. The van der Waals surface area contributed by atoms with Crippen LogP contribution in [0.15, 0.2) is 89.1 Å². The number of hydrogen-bond acceptors (Lipinski definition) is 10. The molecule has 0 aliphatic rings. The quantitative estimate of drug-likeness (QED) is 0.0956. The number of benzene rings is 3. The number of hydrazone groups is 1. The molecule has 0 bridgehead atoms. The number of hydrogen-bond donors (Lipinski definition) is 3. The molecule has 182 valence electrons. The fraction of sp³-hybridized carbons (Fsp3) is 0.0435. The second-order valence-electron chi connectivity index (χ2n) is 7.18. The number of anilines is 2. The fourth-order valence-electron chi connectivity index (χ4n) is 2.92. The number of amides is 1. The molecule has 0 fully saturated rings. The van der Waals surface area contributed by atoms with E-state index in [-0.39, 0.29) is 28.5 Å². The normalized spacial score (nSPS) is 10.8. The van der Waals surface area contributed by atoms with E-state index in [1.807, 2.05) is 54.6 Å². The molecule has 36 heavy (non-hydrogen) atoms. The van der Waals surface area contributed by atoms with Gasteiger partial charge in [-0.25, -0.2) is 10.1 Å². The summed E-state index contributed by atoms with van der Waals surface area (Å²) in [4.78, 5) is 22.5. The van der Waals surface area contributed by atoms with E-state index in [2.05, 4.69) is 26.0 Å². The molecule has 4 N–H and O–H groups in total. The van der Waals surface area contributed by atoms with Crippen LogP contribution in [0.25, 0.3) is 0 Å². The highest BCUT2D eigenvalue weighted by Crippen LogP contribution is 2.22. The summed E-state index contributed by atoms with van der Waals surface area (Å²) in [6.07, 6.45) is 1.58. The lowest BCUT2D eigenvalue weighted by atomic mass is 10.2. The molecule has 0 aliphatic carbocycles. The molecule has 0 atom stereocenters. The summed E-state index contributed by atoms with van der Waals surface area (Å²) in [5, 5.41) is 25.7. The molecule has 12 nitrogen and oxygen atoms in total. The minimum atomic E-state index is -0.534. The average Bonchev–Trinajstić information content (AvgIpc) is 3.23. The number of nitrogens with zero attached hydrogens (tertiary/aromatic N) is 5. The summed E-state index contributed by atoms with van der Waals surface area (Å²) in [5.74, 6) is 7.14. The van der Waals surface area contributed by atoms with Gasteiger partial charge in [0.05, 0.1) is 16.9 Å². The number of nitro groups is 1. The van der Waals surface area contributed by atoms with Crippen LogP contribution in [0.5, 0.6) is 11.5 Å². The Morgan fingerprint density at radius 3 is 2.67 bits per heavy atom. The number of carbonyl (C=O) groups excluding carboxylic acids is 1.